The van der Waals surface area contributed by atoms with E-state index >= 15 is 0 Å². The van der Waals surface area contributed by atoms with Crippen LogP contribution in [0.4, 0.5) is 5.69 Å². The zero-order chi connectivity index (χ0) is 27.9. The summed E-state index contributed by atoms with van der Waals surface area (Å²) in [7, 11) is 1.70. The van der Waals surface area contributed by atoms with Crippen LogP contribution in [0.15, 0.2) is 59.9 Å². The molecule has 2 fully saturated rings. The minimum absolute atomic E-state index is 0.0601. The number of ether oxygens (including phenoxy) is 1. The van der Waals surface area contributed by atoms with E-state index in [2.05, 4.69) is 28.1 Å². The number of aryl methyl sites for hydroxylation is 1. The van der Waals surface area contributed by atoms with Gasteiger partial charge in [-0.1, -0.05) is 24.3 Å². The number of hydrogen-bond acceptors (Lipinski definition) is 6. The summed E-state index contributed by atoms with van der Waals surface area (Å²) in [4.78, 5) is 17.4. The largest absolute Gasteiger partial charge is 0.497 e. The van der Waals surface area contributed by atoms with Crippen molar-refractivity contribution < 1.29 is 14.6 Å². The van der Waals surface area contributed by atoms with Crippen LogP contribution in [0, 0.1) is 24.7 Å². The molecule has 8 nitrogen and oxygen atoms in total. The molecule has 0 saturated heterocycles. The maximum Gasteiger partial charge on any atom is 0.230 e. The second-order valence-corrected chi connectivity index (χ2v) is 11.3. The number of aliphatic hydroxyl groups excluding tert-OH is 1. The van der Waals surface area contributed by atoms with Gasteiger partial charge in [0, 0.05) is 18.2 Å². The average molecular weight is 534 g/mol. The Balaban J connectivity index is 1.47. The van der Waals surface area contributed by atoms with Crippen LogP contribution < -0.4 is 4.90 Å². The van der Waals surface area contributed by atoms with Gasteiger partial charge >= 0.3 is 0 Å². The van der Waals surface area contributed by atoms with Crippen molar-refractivity contribution >= 4 is 11.6 Å². The Bertz CT molecular complexity index is 1200. The Morgan fingerprint density at radius 1 is 1.10 bits per heavy atom. The molecule has 2 aliphatic rings. The van der Waals surface area contributed by atoms with Gasteiger partial charge in [-0.2, -0.15) is 0 Å². The number of carbonyl (C=O) groups excluding carboxylic acids is 1. The highest BCUT2D eigenvalue weighted by Gasteiger charge is 2.32. The molecular weight excluding hydrogens is 490 g/mol. The molecule has 1 N–H and O–H groups in total. The van der Waals surface area contributed by atoms with E-state index in [1.807, 2.05) is 49.1 Å². The quantitative estimate of drug-likeness (QED) is 0.328. The molecule has 1 amide bonds. The van der Waals surface area contributed by atoms with Crippen molar-refractivity contribution in [1.29, 1.82) is 0 Å². The summed E-state index contributed by atoms with van der Waals surface area (Å²) in [6, 6.07) is 7.85. The highest BCUT2D eigenvalue weighted by molar-refractivity contribution is 5.95. The van der Waals surface area contributed by atoms with Crippen molar-refractivity contribution in [2.24, 2.45) is 17.8 Å². The third-order valence-corrected chi connectivity index (χ3v) is 8.17. The molecule has 210 valence electrons. The molecule has 0 radical (unpaired) electrons. The Labute approximate surface area is 232 Å². The molecule has 8 heteroatoms. The van der Waals surface area contributed by atoms with Gasteiger partial charge in [0.25, 0.3) is 0 Å². The SMILES string of the molecule is C=C(/C=C\C(OC)=C(C)C)C1CCC(CN(C(=O)C2CCC(O)CC2)c2cccc(-n3nnc(C)n3)c2)CC1. The van der Waals surface area contributed by atoms with E-state index < -0.39 is 0 Å². The lowest BCUT2D eigenvalue weighted by atomic mass is 9.78. The van der Waals surface area contributed by atoms with E-state index in [1.165, 1.54) is 4.80 Å². The second-order valence-electron chi connectivity index (χ2n) is 11.3. The summed E-state index contributed by atoms with van der Waals surface area (Å²) in [6.45, 7) is 10.9. The molecule has 0 bridgehead atoms. The van der Waals surface area contributed by atoms with Crippen LogP contribution >= 0.6 is 0 Å². The number of nitrogens with zero attached hydrogens (tertiary/aromatic N) is 5. The lowest BCUT2D eigenvalue weighted by Crippen LogP contribution is -2.42. The highest BCUT2D eigenvalue weighted by Crippen LogP contribution is 2.36. The first-order chi connectivity index (χ1) is 18.7. The van der Waals surface area contributed by atoms with E-state index in [4.69, 9.17) is 4.74 Å². The van der Waals surface area contributed by atoms with Gasteiger partial charge in [-0.05, 0) is 119 Å². The predicted octanol–water partition coefficient (Wildman–Crippen LogP) is 5.71. The van der Waals surface area contributed by atoms with Gasteiger partial charge in [-0.15, -0.1) is 15.0 Å². The number of tetrazole rings is 1. The molecule has 2 saturated carbocycles. The van der Waals surface area contributed by atoms with Gasteiger partial charge in [-0.3, -0.25) is 4.79 Å². The van der Waals surface area contributed by atoms with Crippen molar-refractivity contribution in [3.05, 3.63) is 65.7 Å². The van der Waals surface area contributed by atoms with Crippen LogP contribution in [0.3, 0.4) is 0 Å². The molecule has 2 aliphatic carbocycles. The number of aromatic nitrogens is 4. The first-order valence-electron chi connectivity index (χ1n) is 14.2. The van der Waals surface area contributed by atoms with Crippen molar-refractivity contribution in [2.75, 3.05) is 18.6 Å². The van der Waals surface area contributed by atoms with Gasteiger partial charge < -0.3 is 14.7 Å². The Morgan fingerprint density at radius 2 is 1.79 bits per heavy atom. The maximum absolute atomic E-state index is 13.9. The van der Waals surface area contributed by atoms with E-state index in [0.29, 0.717) is 37.0 Å². The number of aliphatic hydroxyl groups is 1. The third kappa shape index (κ3) is 7.44. The number of rotatable bonds is 9. The third-order valence-electron chi connectivity index (χ3n) is 8.17. The number of carbonyl (C=O) groups is 1. The lowest BCUT2D eigenvalue weighted by Gasteiger charge is -2.36. The molecule has 0 spiro atoms. The summed E-state index contributed by atoms with van der Waals surface area (Å²) in [5.41, 5.74) is 3.92. The lowest BCUT2D eigenvalue weighted by molar-refractivity contribution is -0.124. The molecular formula is C31H43N5O3. The van der Waals surface area contributed by atoms with Gasteiger partial charge in [0.1, 0.15) is 5.76 Å². The van der Waals surface area contributed by atoms with Crippen molar-refractivity contribution in [3.63, 3.8) is 0 Å². The summed E-state index contributed by atoms with van der Waals surface area (Å²) in [5, 5.41) is 22.5. The first kappa shape index (κ1) is 28.7. The zero-order valence-corrected chi connectivity index (χ0v) is 23.8. The van der Waals surface area contributed by atoms with Crippen LogP contribution in [-0.2, 0) is 9.53 Å². The van der Waals surface area contributed by atoms with Crippen LogP contribution in [0.25, 0.3) is 5.69 Å². The van der Waals surface area contributed by atoms with E-state index in [9.17, 15) is 9.90 Å². The van der Waals surface area contributed by atoms with E-state index in [0.717, 1.165) is 66.8 Å². The number of allylic oxidation sites excluding steroid dienone is 4. The fraction of sp³-hybridized carbons (Fsp3) is 0.548. The normalized spacial score (nSPS) is 23.4. The molecule has 4 rings (SSSR count). The fourth-order valence-corrected chi connectivity index (χ4v) is 5.78. The number of hydrogen-bond donors (Lipinski definition) is 1. The summed E-state index contributed by atoms with van der Waals surface area (Å²) in [6.07, 6.45) is 10.9. The smallest absolute Gasteiger partial charge is 0.230 e. The minimum Gasteiger partial charge on any atom is -0.497 e. The van der Waals surface area contributed by atoms with E-state index in [-0.39, 0.29) is 17.9 Å². The molecule has 39 heavy (non-hydrogen) atoms. The van der Waals surface area contributed by atoms with Gasteiger partial charge in [0.2, 0.25) is 5.91 Å². The summed E-state index contributed by atoms with van der Waals surface area (Å²) in [5.74, 6) is 2.44. The standard InChI is InChI=1S/C31H43N5O3/c1-21(2)30(39-5)18-9-22(3)25-12-10-24(11-13-25)20-35(31(38)26-14-16-29(37)17-15-26)27-7-6-8-28(19-27)36-33-23(4)32-34-36/h6-9,18-19,24-26,29,37H,3,10-17,20H2,1-2,4-5H3/b18-9-. The molecule has 1 aromatic carbocycles. The van der Waals surface area contributed by atoms with Crippen LogP contribution in [0.1, 0.15) is 71.0 Å². The van der Waals surface area contributed by atoms with Gasteiger partial charge in [0.15, 0.2) is 5.82 Å². The fourth-order valence-electron chi connectivity index (χ4n) is 5.78. The monoisotopic (exact) mass is 533 g/mol. The van der Waals surface area contributed by atoms with Crippen molar-refractivity contribution in [1.82, 2.24) is 20.2 Å². The molecule has 1 aromatic heterocycles. The number of benzene rings is 1. The molecule has 2 aromatic rings. The topological polar surface area (TPSA) is 93.4 Å². The number of anilines is 1. The second kappa shape index (κ2) is 13.2. The van der Waals surface area contributed by atoms with Crippen LogP contribution in [-0.4, -0.2) is 51.0 Å². The van der Waals surface area contributed by atoms with Crippen LogP contribution in [0.5, 0.6) is 0 Å². The minimum atomic E-state index is -0.290. The van der Waals surface area contributed by atoms with Gasteiger partial charge in [0.05, 0.1) is 18.9 Å². The Kier molecular flexibility index (Phi) is 9.73. The van der Waals surface area contributed by atoms with Crippen molar-refractivity contribution in [2.45, 2.75) is 78.2 Å². The van der Waals surface area contributed by atoms with Crippen molar-refractivity contribution in [3.8, 4) is 5.69 Å². The first-order valence-corrected chi connectivity index (χ1v) is 14.2. The number of amides is 1. The molecule has 0 unspecified atom stereocenters. The Hall–Kier alpha value is -3.26. The Morgan fingerprint density at radius 3 is 2.41 bits per heavy atom. The average Bonchev–Trinajstić information content (AvgIpc) is 3.38. The summed E-state index contributed by atoms with van der Waals surface area (Å²) < 4.78 is 5.46. The zero-order valence-electron chi connectivity index (χ0n) is 23.8. The molecule has 0 aliphatic heterocycles. The predicted molar refractivity (Wildman–Crippen MR) is 153 cm³/mol. The highest BCUT2D eigenvalue weighted by atomic mass is 16.5. The molecule has 0 atom stereocenters. The van der Waals surface area contributed by atoms with E-state index in [1.54, 1.807) is 14.0 Å². The van der Waals surface area contributed by atoms with Crippen LogP contribution in [0.2, 0.25) is 0 Å². The maximum atomic E-state index is 13.9. The molecule has 1 heterocycles. The number of methoxy groups -OCH3 is 1. The summed E-state index contributed by atoms with van der Waals surface area (Å²) >= 11 is 0. The van der Waals surface area contributed by atoms with Gasteiger partial charge in [-0.25, -0.2) is 0 Å².